The molecule has 94 valence electrons. The molecule has 0 fully saturated rings. The zero-order valence-corrected chi connectivity index (χ0v) is 9.39. The molecule has 1 rings (SSSR count). The van der Waals surface area contributed by atoms with Gasteiger partial charge in [-0.05, 0) is 12.1 Å². The van der Waals surface area contributed by atoms with Crippen LogP contribution >= 0.6 is 0 Å². The van der Waals surface area contributed by atoms with E-state index in [0.29, 0.717) is 13.0 Å². The maximum Gasteiger partial charge on any atom is 0.270 e. The molecule has 0 saturated carbocycles. The quantitative estimate of drug-likeness (QED) is 0.829. The lowest BCUT2D eigenvalue weighted by Crippen LogP contribution is -2.17. The van der Waals surface area contributed by atoms with Crippen molar-refractivity contribution in [3.63, 3.8) is 0 Å². The molecule has 17 heavy (non-hydrogen) atoms. The van der Waals surface area contributed by atoms with E-state index in [1.165, 1.54) is 0 Å². The Morgan fingerprint density at radius 1 is 1.47 bits per heavy atom. The molecule has 0 aromatic heterocycles. The van der Waals surface area contributed by atoms with E-state index in [1.807, 2.05) is 0 Å². The van der Waals surface area contributed by atoms with E-state index in [2.05, 4.69) is 4.74 Å². The second-order valence-electron chi connectivity index (χ2n) is 3.55. The van der Waals surface area contributed by atoms with Gasteiger partial charge < -0.3 is 10.5 Å². The average molecular weight is 247 g/mol. The number of carbonyl (C=O) groups is 1. The highest BCUT2D eigenvalue weighted by Crippen LogP contribution is 2.33. The predicted molar refractivity (Wildman–Crippen MR) is 55.9 cm³/mol. The fourth-order valence-corrected chi connectivity index (χ4v) is 1.37. The Morgan fingerprint density at radius 2 is 2.06 bits per heavy atom. The first kappa shape index (κ1) is 13.5. The molecule has 0 bridgehead atoms. The maximum atomic E-state index is 13.5. The fraction of sp³-hybridized carbons (Fsp3) is 0.364. The predicted octanol–water partition coefficient (Wildman–Crippen LogP) is 2.09. The molecule has 0 amide bonds. The first-order valence-electron chi connectivity index (χ1n) is 4.80. The van der Waals surface area contributed by atoms with E-state index in [1.54, 1.807) is 0 Å². The lowest BCUT2D eigenvalue weighted by atomic mass is 10.0. The van der Waals surface area contributed by atoms with Gasteiger partial charge in [0, 0.05) is 12.5 Å². The maximum absolute atomic E-state index is 13.5. The number of hydrogen-bond acceptors (Lipinski definition) is 3. The van der Waals surface area contributed by atoms with Gasteiger partial charge in [0.25, 0.3) is 5.92 Å². The minimum atomic E-state index is -3.24. The number of hydrogen-bond donors (Lipinski definition) is 1. The van der Waals surface area contributed by atoms with Crippen molar-refractivity contribution in [3.05, 3.63) is 29.1 Å². The normalized spacial score (nSPS) is 11.4. The standard InChI is InChI=1S/C11H12F3NO2/c1-11(13,14)6-3-7(9(16)5-15)10(17-2)8(12)4-6/h3-4H,5,15H2,1-2H3. The van der Waals surface area contributed by atoms with Crippen LogP contribution in [0.5, 0.6) is 5.75 Å². The van der Waals surface area contributed by atoms with Crippen molar-refractivity contribution in [1.82, 2.24) is 0 Å². The van der Waals surface area contributed by atoms with Crippen molar-refractivity contribution in [2.24, 2.45) is 5.73 Å². The molecule has 0 spiro atoms. The first-order valence-corrected chi connectivity index (χ1v) is 4.80. The van der Waals surface area contributed by atoms with E-state index in [9.17, 15) is 18.0 Å². The molecule has 0 aliphatic heterocycles. The highest BCUT2D eigenvalue weighted by atomic mass is 19.3. The highest BCUT2D eigenvalue weighted by molar-refractivity contribution is 6.00. The van der Waals surface area contributed by atoms with Gasteiger partial charge in [0.2, 0.25) is 0 Å². The number of halogens is 3. The molecular weight excluding hydrogens is 235 g/mol. The van der Waals surface area contributed by atoms with Crippen molar-refractivity contribution in [2.45, 2.75) is 12.8 Å². The molecule has 3 nitrogen and oxygen atoms in total. The van der Waals surface area contributed by atoms with Gasteiger partial charge in [-0.25, -0.2) is 13.2 Å². The number of Topliss-reactive ketones (excluding diaryl/α,β-unsaturated/α-hetero) is 1. The summed E-state index contributed by atoms with van der Waals surface area (Å²) in [6.07, 6.45) is 0. The smallest absolute Gasteiger partial charge is 0.270 e. The van der Waals surface area contributed by atoms with Crippen molar-refractivity contribution >= 4 is 5.78 Å². The molecule has 1 aromatic carbocycles. The SMILES string of the molecule is COc1c(F)cc(C(C)(F)F)cc1C(=O)CN. The Hall–Kier alpha value is -1.56. The number of ether oxygens (including phenoxy) is 1. The van der Waals surface area contributed by atoms with Crippen molar-refractivity contribution < 1.29 is 22.7 Å². The number of nitrogens with two attached hydrogens (primary N) is 1. The monoisotopic (exact) mass is 247 g/mol. The summed E-state index contributed by atoms with van der Waals surface area (Å²) >= 11 is 0. The van der Waals surface area contributed by atoms with Crippen LogP contribution in [0.15, 0.2) is 12.1 Å². The third-order valence-corrected chi connectivity index (χ3v) is 2.24. The van der Waals surface area contributed by atoms with Gasteiger partial charge in [-0.15, -0.1) is 0 Å². The third-order valence-electron chi connectivity index (χ3n) is 2.24. The summed E-state index contributed by atoms with van der Waals surface area (Å²) in [6, 6.07) is 1.54. The highest BCUT2D eigenvalue weighted by Gasteiger charge is 2.28. The van der Waals surface area contributed by atoms with Gasteiger partial charge in [-0.3, -0.25) is 4.79 Å². The summed E-state index contributed by atoms with van der Waals surface area (Å²) in [5, 5.41) is 0. The Bertz CT molecular complexity index is 441. The number of rotatable bonds is 4. The number of carbonyl (C=O) groups excluding carboxylic acids is 1. The topological polar surface area (TPSA) is 52.3 Å². The lowest BCUT2D eigenvalue weighted by Gasteiger charge is -2.15. The van der Waals surface area contributed by atoms with Crippen LogP contribution in [0.3, 0.4) is 0 Å². The van der Waals surface area contributed by atoms with Gasteiger partial charge >= 0.3 is 0 Å². The number of alkyl halides is 2. The van der Waals surface area contributed by atoms with Crippen LogP contribution in [-0.2, 0) is 5.92 Å². The summed E-state index contributed by atoms with van der Waals surface area (Å²) < 4.78 is 44.3. The van der Waals surface area contributed by atoms with E-state index >= 15 is 0 Å². The van der Waals surface area contributed by atoms with E-state index < -0.39 is 29.6 Å². The molecule has 6 heteroatoms. The van der Waals surface area contributed by atoms with Crippen LogP contribution in [0, 0.1) is 5.82 Å². The second kappa shape index (κ2) is 4.75. The van der Waals surface area contributed by atoms with Gasteiger partial charge in [0.15, 0.2) is 17.3 Å². The van der Waals surface area contributed by atoms with Crippen LogP contribution < -0.4 is 10.5 Å². The van der Waals surface area contributed by atoms with E-state index in [4.69, 9.17) is 5.73 Å². The number of ketones is 1. The van der Waals surface area contributed by atoms with Crippen molar-refractivity contribution in [1.29, 1.82) is 0 Å². The molecular formula is C11H12F3NO2. The largest absolute Gasteiger partial charge is 0.493 e. The molecule has 1 aromatic rings. The third kappa shape index (κ3) is 2.76. The summed E-state index contributed by atoms with van der Waals surface area (Å²) in [7, 11) is 1.15. The minimum absolute atomic E-state index is 0.272. The van der Waals surface area contributed by atoms with E-state index in [-0.39, 0.29) is 11.3 Å². The summed E-state index contributed by atoms with van der Waals surface area (Å²) in [5.41, 5.74) is 4.26. The number of benzene rings is 1. The molecule has 0 radical (unpaired) electrons. The lowest BCUT2D eigenvalue weighted by molar-refractivity contribution is 0.0170. The Labute approximate surface area is 96.4 Å². The van der Waals surface area contributed by atoms with Crippen LogP contribution in [0.4, 0.5) is 13.2 Å². The zero-order chi connectivity index (χ0) is 13.2. The summed E-state index contributed by atoms with van der Waals surface area (Å²) in [4.78, 5) is 11.4. The first-order chi connectivity index (χ1) is 7.81. The summed E-state index contributed by atoms with van der Waals surface area (Å²) in [6.45, 7) is 0.208. The molecule has 0 aliphatic rings. The molecule has 0 saturated heterocycles. The Balaban J connectivity index is 3.44. The van der Waals surface area contributed by atoms with Gasteiger partial charge in [-0.2, -0.15) is 0 Å². The van der Waals surface area contributed by atoms with Crippen LogP contribution in [0.1, 0.15) is 22.8 Å². The molecule has 0 atom stereocenters. The summed E-state index contributed by atoms with van der Waals surface area (Å²) in [5.74, 6) is -5.28. The number of methoxy groups -OCH3 is 1. The van der Waals surface area contributed by atoms with Crippen molar-refractivity contribution in [2.75, 3.05) is 13.7 Å². The van der Waals surface area contributed by atoms with Gasteiger partial charge in [0.05, 0.1) is 19.2 Å². The van der Waals surface area contributed by atoms with E-state index in [0.717, 1.165) is 13.2 Å². The van der Waals surface area contributed by atoms with Gasteiger partial charge in [0.1, 0.15) is 0 Å². The fourth-order valence-electron chi connectivity index (χ4n) is 1.37. The van der Waals surface area contributed by atoms with Crippen LogP contribution in [0.2, 0.25) is 0 Å². The Kier molecular flexibility index (Phi) is 3.77. The Morgan fingerprint density at radius 3 is 2.47 bits per heavy atom. The zero-order valence-electron chi connectivity index (χ0n) is 9.39. The van der Waals surface area contributed by atoms with Crippen LogP contribution in [0.25, 0.3) is 0 Å². The molecule has 0 unspecified atom stereocenters. The van der Waals surface area contributed by atoms with Crippen molar-refractivity contribution in [3.8, 4) is 5.75 Å². The second-order valence-corrected chi connectivity index (χ2v) is 3.55. The van der Waals surface area contributed by atoms with Crippen LogP contribution in [-0.4, -0.2) is 19.4 Å². The average Bonchev–Trinajstić information content (AvgIpc) is 2.25. The van der Waals surface area contributed by atoms with Gasteiger partial charge in [-0.1, -0.05) is 0 Å². The molecule has 2 N–H and O–H groups in total. The molecule has 0 heterocycles. The molecule has 0 aliphatic carbocycles. The minimum Gasteiger partial charge on any atom is -0.493 e.